The average Bonchev–Trinajstić information content (AvgIpc) is 2.60. The van der Waals surface area contributed by atoms with Crippen LogP contribution in [0.1, 0.15) is 12.8 Å². The highest BCUT2D eigenvalue weighted by Gasteiger charge is 2.15. The minimum Gasteiger partial charge on any atom is -0.339 e. The van der Waals surface area contributed by atoms with Crippen molar-refractivity contribution < 1.29 is 8.42 Å². The number of hydrogen-bond acceptors (Lipinski definition) is 3. The molecule has 0 bridgehead atoms. The van der Waals surface area contributed by atoms with Crippen LogP contribution >= 0.6 is 11.6 Å². The molecule has 0 amide bonds. The predicted octanol–water partition coefficient (Wildman–Crippen LogP) is 0.717. The van der Waals surface area contributed by atoms with Crippen LogP contribution in [0.25, 0.3) is 0 Å². The number of nitrogens with one attached hydrogen (secondary N) is 1. The Labute approximate surface area is 94.5 Å². The van der Waals surface area contributed by atoms with Crippen LogP contribution in [0, 0.1) is 0 Å². The second kappa shape index (κ2) is 5.48. The first-order chi connectivity index (χ1) is 7.06. The summed E-state index contributed by atoms with van der Waals surface area (Å²) in [6.45, 7) is 0.394. The number of nitrogens with zero attached hydrogens (tertiary/aromatic N) is 2. The molecule has 0 fully saturated rings. The molecular weight excluding hydrogens is 238 g/mol. The van der Waals surface area contributed by atoms with Gasteiger partial charge >= 0.3 is 0 Å². The molecule has 0 saturated carbocycles. The fourth-order valence-electron chi connectivity index (χ4n) is 1.03. The number of aryl methyl sites for hydroxylation is 1. The number of rotatable bonds is 6. The highest BCUT2D eigenvalue weighted by Crippen LogP contribution is 2.03. The summed E-state index contributed by atoms with van der Waals surface area (Å²) in [5, 5.41) is 0.0517. The van der Waals surface area contributed by atoms with Crippen LogP contribution in [-0.4, -0.2) is 30.4 Å². The Bertz CT molecular complexity index is 402. The van der Waals surface area contributed by atoms with E-state index in [0.717, 1.165) is 12.8 Å². The molecule has 1 heterocycles. The van der Waals surface area contributed by atoms with E-state index in [9.17, 15) is 8.42 Å². The standard InChI is InChI=1S/C8H14ClN3O2S/c1-12-6-8(10-7-12)15(13,14)11-5-3-2-4-9/h6-7,11H,2-5H2,1H3. The zero-order valence-corrected chi connectivity index (χ0v) is 10.1. The molecule has 0 saturated heterocycles. The summed E-state index contributed by atoms with van der Waals surface area (Å²) in [5.41, 5.74) is 0. The molecule has 1 aromatic rings. The summed E-state index contributed by atoms with van der Waals surface area (Å²) >= 11 is 5.48. The molecule has 86 valence electrons. The van der Waals surface area contributed by atoms with E-state index in [1.807, 2.05) is 0 Å². The number of halogens is 1. The van der Waals surface area contributed by atoms with Crippen LogP contribution < -0.4 is 4.72 Å². The first-order valence-corrected chi connectivity index (χ1v) is 6.61. The SMILES string of the molecule is Cn1cnc(S(=O)(=O)NCCCCCl)c1. The van der Waals surface area contributed by atoms with Gasteiger partial charge in [-0.3, -0.25) is 0 Å². The molecule has 1 N–H and O–H groups in total. The van der Waals surface area contributed by atoms with Gasteiger partial charge in [-0.1, -0.05) is 0 Å². The third kappa shape index (κ3) is 3.81. The van der Waals surface area contributed by atoms with Crippen molar-refractivity contribution in [2.24, 2.45) is 7.05 Å². The average molecular weight is 252 g/mol. The molecule has 1 aromatic heterocycles. The Kier molecular flexibility index (Phi) is 4.56. The van der Waals surface area contributed by atoms with E-state index in [0.29, 0.717) is 12.4 Å². The van der Waals surface area contributed by atoms with E-state index in [-0.39, 0.29) is 5.03 Å². The second-order valence-electron chi connectivity index (χ2n) is 3.17. The summed E-state index contributed by atoms with van der Waals surface area (Å²) in [5.74, 6) is 0.547. The Hall–Kier alpha value is -0.590. The van der Waals surface area contributed by atoms with E-state index < -0.39 is 10.0 Å². The Morgan fingerprint density at radius 2 is 2.27 bits per heavy atom. The number of unbranched alkanes of at least 4 members (excludes halogenated alkanes) is 1. The fourth-order valence-corrected chi connectivity index (χ4v) is 2.27. The van der Waals surface area contributed by atoms with Crippen molar-refractivity contribution >= 4 is 21.6 Å². The number of sulfonamides is 1. The minimum absolute atomic E-state index is 0.0517. The van der Waals surface area contributed by atoms with Crippen LogP contribution in [0.3, 0.4) is 0 Å². The van der Waals surface area contributed by atoms with E-state index >= 15 is 0 Å². The van der Waals surface area contributed by atoms with Gasteiger partial charge in [0.1, 0.15) is 0 Å². The van der Waals surface area contributed by atoms with E-state index in [1.54, 1.807) is 11.6 Å². The quantitative estimate of drug-likeness (QED) is 0.599. The number of hydrogen-bond donors (Lipinski definition) is 1. The van der Waals surface area contributed by atoms with Gasteiger partial charge in [-0.25, -0.2) is 18.1 Å². The molecule has 0 atom stereocenters. The normalized spacial score (nSPS) is 11.9. The molecule has 15 heavy (non-hydrogen) atoms. The summed E-state index contributed by atoms with van der Waals surface area (Å²) < 4.78 is 27.2. The molecule has 5 nitrogen and oxygen atoms in total. The molecule has 0 radical (unpaired) electrons. The lowest BCUT2D eigenvalue weighted by molar-refractivity contribution is 0.575. The number of aromatic nitrogens is 2. The van der Waals surface area contributed by atoms with Gasteiger partial charge in [0.2, 0.25) is 0 Å². The van der Waals surface area contributed by atoms with E-state index in [4.69, 9.17) is 11.6 Å². The lowest BCUT2D eigenvalue weighted by atomic mass is 10.3. The highest BCUT2D eigenvalue weighted by atomic mass is 35.5. The van der Waals surface area contributed by atoms with Crippen LogP contribution in [0.15, 0.2) is 17.6 Å². The van der Waals surface area contributed by atoms with Gasteiger partial charge in [0.05, 0.1) is 6.33 Å². The van der Waals surface area contributed by atoms with Crippen molar-refractivity contribution in [2.75, 3.05) is 12.4 Å². The van der Waals surface area contributed by atoms with Crippen molar-refractivity contribution in [3.8, 4) is 0 Å². The van der Waals surface area contributed by atoms with Crippen LogP contribution in [0.4, 0.5) is 0 Å². The van der Waals surface area contributed by atoms with Gasteiger partial charge in [-0.2, -0.15) is 0 Å². The van der Waals surface area contributed by atoms with E-state index in [2.05, 4.69) is 9.71 Å². The molecule has 0 aromatic carbocycles. The van der Waals surface area contributed by atoms with Crippen molar-refractivity contribution in [1.82, 2.24) is 14.3 Å². The Morgan fingerprint density at radius 1 is 1.53 bits per heavy atom. The third-order valence-electron chi connectivity index (χ3n) is 1.81. The lowest BCUT2D eigenvalue weighted by Crippen LogP contribution is -2.25. The maximum atomic E-state index is 11.6. The van der Waals surface area contributed by atoms with Gasteiger partial charge in [0.15, 0.2) is 5.03 Å². The van der Waals surface area contributed by atoms with Crippen molar-refractivity contribution in [3.05, 3.63) is 12.5 Å². The zero-order valence-electron chi connectivity index (χ0n) is 8.48. The summed E-state index contributed by atoms with van der Waals surface area (Å²) in [7, 11) is -1.72. The maximum absolute atomic E-state index is 11.6. The van der Waals surface area contributed by atoms with Gasteiger partial charge in [0, 0.05) is 25.7 Å². The molecule has 7 heteroatoms. The minimum atomic E-state index is -3.44. The lowest BCUT2D eigenvalue weighted by Gasteiger charge is -2.02. The van der Waals surface area contributed by atoms with Crippen LogP contribution in [0.5, 0.6) is 0 Å². The van der Waals surface area contributed by atoms with Crippen LogP contribution in [-0.2, 0) is 17.1 Å². The van der Waals surface area contributed by atoms with Crippen LogP contribution in [0.2, 0.25) is 0 Å². The van der Waals surface area contributed by atoms with E-state index in [1.165, 1.54) is 12.5 Å². The fraction of sp³-hybridized carbons (Fsp3) is 0.625. The zero-order chi connectivity index (χ0) is 11.3. The maximum Gasteiger partial charge on any atom is 0.259 e. The first kappa shape index (κ1) is 12.5. The van der Waals surface area contributed by atoms with Crippen molar-refractivity contribution in [1.29, 1.82) is 0 Å². The Balaban J connectivity index is 2.53. The van der Waals surface area contributed by atoms with Crippen molar-refractivity contribution in [3.63, 3.8) is 0 Å². The third-order valence-corrected chi connectivity index (χ3v) is 3.42. The van der Waals surface area contributed by atoms with Gasteiger partial charge < -0.3 is 4.57 Å². The monoisotopic (exact) mass is 251 g/mol. The molecule has 1 rings (SSSR count). The first-order valence-electron chi connectivity index (χ1n) is 4.60. The molecule has 0 aliphatic heterocycles. The summed E-state index contributed by atoms with van der Waals surface area (Å²) in [4.78, 5) is 3.77. The molecule has 0 aliphatic carbocycles. The Morgan fingerprint density at radius 3 is 2.80 bits per heavy atom. The predicted molar refractivity (Wildman–Crippen MR) is 58.4 cm³/mol. The molecule has 0 unspecified atom stereocenters. The molecule has 0 spiro atoms. The number of alkyl halides is 1. The highest BCUT2D eigenvalue weighted by molar-refractivity contribution is 7.89. The summed E-state index contributed by atoms with van der Waals surface area (Å²) in [6, 6.07) is 0. The van der Waals surface area contributed by atoms with Gasteiger partial charge in [-0.05, 0) is 12.8 Å². The molecule has 0 aliphatic rings. The number of imidazole rings is 1. The smallest absolute Gasteiger partial charge is 0.259 e. The summed E-state index contributed by atoms with van der Waals surface area (Å²) in [6.07, 6.45) is 4.44. The van der Waals surface area contributed by atoms with Crippen molar-refractivity contribution in [2.45, 2.75) is 17.9 Å². The molecular formula is C8H14ClN3O2S. The largest absolute Gasteiger partial charge is 0.339 e. The topological polar surface area (TPSA) is 64.0 Å². The van der Waals surface area contributed by atoms with Gasteiger partial charge in [-0.15, -0.1) is 11.6 Å². The second-order valence-corrected chi connectivity index (χ2v) is 5.26. The van der Waals surface area contributed by atoms with Gasteiger partial charge in [0.25, 0.3) is 10.0 Å².